The number of halogens is 1. The molecule has 1 aliphatic rings. The third-order valence-electron chi connectivity index (χ3n) is 5.79. The molecule has 0 radical (unpaired) electrons. The molecule has 31 heavy (non-hydrogen) atoms. The molecule has 3 heteroatoms. The average molecular weight is 413 g/mol. The highest BCUT2D eigenvalue weighted by Gasteiger charge is 2.17. The minimum atomic E-state index is -0.447. The molecule has 0 unspecified atom stereocenters. The number of carbonyl (C=O) groups excluding carboxylic acids is 1. The largest absolute Gasteiger partial charge is 0.423 e. The molecule has 0 aromatic heterocycles. The minimum Gasteiger partial charge on any atom is -0.423 e. The molecule has 1 fully saturated rings. The zero-order chi connectivity index (χ0) is 21.6. The fraction of sp³-hybridized carbons (Fsp3) is 0.250. The van der Waals surface area contributed by atoms with Crippen molar-refractivity contribution in [3.05, 3.63) is 89.8 Å². The molecule has 0 amide bonds. The molecule has 1 aliphatic carbocycles. The summed E-state index contributed by atoms with van der Waals surface area (Å²) in [4.78, 5) is 12.5. The third-order valence-corrected chi connectivity index (χ3v) is 5.79. The van der Waals surface area contributed by atoms with Gasteiger partial charge in [-0.05, 0) is 92.4 Å². The molecule has 0 saturated heterocycles. The summed E-state index contributed by atoms with van der Waals surface area (Å²) in [6, 6.07) is 16.9. The van der Waals surface area contributed by atoms with Crippen molar-refractivity contribution < 1.29 is 13.9 Å². The highest BCUT2D eigenvalue weighted by Crippen LogP contribution is 2.29. The summed E-state index contributed by atoms with van der Waals surface area (Å²) in [6.07, 6.45) is 9.14. The van der Waals surface area contributed by atoms with E-state index in [4.69, 9.17) is 4.74 Å². The Morgan fingerprint density at radius 1 is 1.03 bits per heavy atom. The first-order valence-corrected chi connectivity index (χ1v) is 10.8. The Kier molecular flexibility index (Phi) is 6.48. The summed E-state index contributed by atoms with van der Waals surface area (Å²) < 4.78 is 19.3. The van der Waals surface area contributed by atoms with Crippen LogP contribution in [-0.2, 0) is 0 Å². The van der Waals surface area contributed by atoms with Gasteiger partial charge in [-0.2, -0.15) is 0 Å². The molecule has 4 rings (SSSR count). The van der Waals surface area contributed by atoms with Crippen LogP contribution >= 0.6 is 0 Å². The Balaban J connectivity index is 1.38. The Morgan fingerprint density at radius 2 is 1.81 bits per heavy atom. The molecule has 3 aromatic carbocycles. The summed E-state index contributed by atoms with van der Waals surface area (Å²) in [6.45, 7) is 2.08. The lowest BCUT2D eigenvalue weighted by atomic mass is 9.82. The molecule has 0 aliphatic heterocycles. The number of hydrogen-bond acceptors (Lipinski definition) is 2. The molecule has 0 atom stereocenters. The molecular formula is C28H25FO2. The lowest BCUT2D eigenvalue weighted by molar-refractivity contribution is 0.0735. The van der Waals surface area contributed by atoms with Crippen molar-refractivity contribution >= 4 is 16.7 Å². The van der Waals surface area contributed by atoms with Crippen LogP contribution in [-0.4, -0.2) is 5.97 Å². The van der Waals surface area contributed by atoms with Gasteiger partial charge in [0, 0.05) is 16.9 Å². The van der Waals surface area contributed by atoms with Crippen molar-refractivity contribution in [3.8, 4) is 17.6 Å². The van der Waals surface area contributed by atoms with Gasteiger partial charge in [-0.1, -0.05) is 36.1 Å². The van der Waals surface area contributed by atoms with E-state index >= 15 is 0 Å². The van der Waals surface area contributed by atoms with Crippen molar-refractivity contribution in [1.29, 1.82) is 0 Å². The van der Waals surface area contributed by atoms with Crippen molar-refractivity contribution in [2.24, 2.45) is 11.8 Å². The van der Waals surface area contributed by atoms with E-state index in [9.17, 15) is 9.18 Å². The first-order valence-electron chi connectivity index (χ1n) is 10.8. The summed E-state index contributed by atoms with van der Waals surface area (Å²) in [7, 11) is 0. The van der Waals surface area contributed by atoms with Crippen LogP contribution in [0.2, 0.25) is 0 Å². The standard InChI is InChI=1S/C28H25FO2/c1-2-4-20-7-9-21(10-8-20)11-12-22-13-15-23(16-14-22)28(30)31-25-17-18-26-24(19-25)5-3-6-27(26)29/h2-6,13-21H,7-10H2,1H3/b4-2+. The zero-order valence-corrected chi connectivity index (χ0v) is 17.6. The van der Waals surface area contributed by atoms with Crippen molar-refractivity contribution in [3.63, 3.8) is 0 Å². The lowest BCUT2D eigenvalue weighted by Gasteiger charge is -2.22. The van der Waals surface area contributed by atoms with Gasteiger partial charge in [0.15, 0.2) is 0 Å². The number of rotatable bonds is 3. The van der Waals surface area contributed by atoms with Gasteiger partial charge in [0.1, 0.15) is 11.6 Å². The highest BCUT2D eigenvalue weighted by molar-refractivity contribution is 5.92. The molecule has 0 heterocycles. The van der Waals surface area contributed by atoms with E-state index in [1.54, 1.807) is 42.5 Å². The monoisotopic (exact) mass is 412 g/mol. The van der Waals surface area contributed by atoms with E-state index in [1.165, 1.54) is 18.9 Å². The fourth-order valence-electron chi connectivity index (χ4n) is 4.05. The van der Waals surface area contributed by atoms with Crippen LogP contribution in [0.1, 0.15) is 48.5 Å². The fourth-order valence-corrected chi connectivity index (χ4v) is 4.05. The molecule has 2 nitrogen and oxygen atoms in total. The maximum Gasteiger partial charge on any atom is 0.343 e. The lowest BCUT2D eigenvalue weighted by Crippen LogP contribution is -2.11. The van der Waals surface area contributed by atoms with Crippen molar-refractivity contribution in [2.75, 3.05) is 0 Å². The second-order valence-electron chi connectivity index (χ2n) is 8.00. The first-order chi connectivity index (χ1) is 15.1. The Bertz CT molecular complexity index is 1160. The summed E-state index contributed by atoms with van der Waals surface area (Å²) in [5.41, 5.74) is 1.35. The first kappa shape index (κ1) is 20.9. The van der Waals surface area contributed by atoms with Gasteiger partial charge in [0.05, 0.1) is 5.56 Å². The van der Waals surface area contributed by atoms with Crippen LogP contribution < -0.4 is 4.74 Å². The van der Waals surface area contributed by atoms with E-state index < -0.39 is 5.97 Å². The molecule has 0 N–H and O–H groups in total. The van der Waals surface area contributed by atoms with E-state index in [-0.39, 0.29) is 5.82 Å². The van der Waals surface area contributed by atoms with Gasteiger partial charge in [-0.25, -0.2) is 9.18 Å². The second-order valence-corrected chi connectivity index (χ2v) is 8.00. The minimum absolute atomic E-state index is 0.294. The van der Waals surface area contributed by atoms with Gasteiger partial charge in [-0.3, -0.25) is 0 Å². The van der Waals surface area contributed by atoms with E-state index in [0.29, 0.717) is 33.9 Å². The van der Waals surface area contributed by atoms with Crippen LogP contribution in [0.25, 0.3) is 10.8 Å². The number of hydrogen-bond donors (Lipinski definition) is 0. The van der Waals surface area contributed by atoms with Crippen LogP contribution in [0.3, 0.4) is 0 Å². The second kappa shape index (κ2) is 9.62. The summed E-state index contributed by atoms with van der Waals surface area (Å²) in [5.74, 6) is 7.44. The summed E-state index contributed by atoms with van der Waals surface area (Å²) in [5, 5.41) is 1.19. The van der Waals surface area contributed by atoms with Gasteiger partial charge >= 0.3 is 5.97 Å². The van der Waals surface area contributed by atoms with Crippen molar-refractivity contribution in [2.45, 2.75) is 32.6 Å². The predicted molar refractivity (Wildman–Crippen MR) is 122 cm³/mol. The Hall–Kier alpha value is -3.38. The topological polar surface area (TPSA) is 26.3 Å². The normalized spacial score (nSPS) is 18.5. The van der Waals surface area contributed by atoms with Gasteiger partial charge in [-0.15, -0.1) is 0 Å². The predicted octanol–water partition coefficient (Wildman–Crippen LogP) is 6.93. The maximum atomic E-state index is 13.8. The summed E-state index contributed by atoms with van der Waals surface area (Å²) >= 11 is 0. The molecule has 0 spiro atoms. The molecule has 1 saturated carbocycles. The SMILES string of the molecule is C/C=C/C1CCC(C#Cc2ccc(C(=O)Oc3ccc4c(F)cccc4c3)cc2)CC1. The quantitative estimate of drug-likeness (QED) is 0.202. The number of ether oxygens (including phenoxy) is 1. The van der Waals surface area contributed by atoms with E-state index in [0.717, 1.165) is 18.4 Å². The maximum absolute atomic E-state index is 13.8. The molecule has 0 bridgehead atoms. The van der Waals surface area contributed by atoms with Gasteiger partial charge in [0.2, 0.25) is 0 Å². The average Bonchev–Trinajstić information content (AvgIpc) is 2.79. The van der Waals surface area contributed by atoms with E-state index in [2.05, 4.69) is 30.9 Å². The molecular weight excluding hydrogens is 387 g/mol. The van der Waals surface area contributed by atoms with Crippen LogP contribution in [0.15, 0.2) is 72.8 Å². The number of fused-ring (bicyclic) bond motifs is 1. The van der Waals surface area contributed by atoms with E-state index in [1.807, 2.05) is 12.1 Å². The van der Waals surface area contributed by atoms with Crippen LogP contribution in [0.4, 0.5) is 4.39 Å². The third kappa shape index (κ3) is 5.22. The van der Waals surface area contributed by atoms with Crippen molar-refractivity contribution in [1.82, 2.24) is 0 Å². The number of allylic oxidation sites excluding steroid dienone is 2. The van der Waals surface area contributed by atoms with Gasteiger partial charge in [0.25, 0.3) is 0 Å². The number of benzene rings is 3. The highest BCUT2D eigenvalue weighted by atomic mass is 19.1. The zero-order valence-electron chi connectivity index (χ0n) is 17.6. The van der Waals surface area contributed by atoms with Gasteiger partial charge < -0.3 is 4.74 Å². The van der Waals surface area contributed by atoms with Crippen LogP contribution in [0, 0.1) is 29.5 Å². The smallest absolute Gasteiger partial charge is 0.343 e. The Morgan fingerprint density at radius 3 is 2.55 bits per heavy atom. The van der Waals surface area contributed by atoms with Crippen LogP contribution in [0.5, 0.6) is 5.75 Å². The molecule has 3 aromatic rings. The Labute approximate surface area is 182 Å². The number of esters is 1. The number of carbonyl (C=O) groups is 1. The molecule has 156 valence electrons.